The molecule has 1 saturated heterocycles. The van der Waals surface area contributed by atoms with Crippen LogP contribution in [-0.2, 0) is 21.4 Å². The molecule has 142 valence electrons. The van der Waals surface area contributed by atoms with Gasteiger partial charge >= 0.3 is 5.97 Å². The average molecular weight is 388 g/mol. The van der Waals surface area contributed by atoms with Gasteiger partial charge in [-0.2, -0.15) is 0 Å². The van der Waals surface area contributed by atoms with Crippen molar-refractivity contribution in [3.63, 3.8) is 0 Å². The lowest BCUT2D eigenvalue weighted by Crippen LogP contribution is -2.48. The Morgan fingerprint density at radius 2 is 1.74 bits per heavy atom. The van der Waals surface area contributed by atoms with Gasteiger partial charge in [-0.05, 0) is 48.6 Å². The van der Waals surface area contributed by atoms with Crippen molar-refractivity contribution in [2.75, 3.05) is 19.8 Å². The zero-order chi connectivity index (χ0) is 19.3. The highest BCUT2D eigenvalue weighted by Gasteiger charge is 2.42. The van der Waals surface area contributed by atoms with E-state index in [1.54, 1.807) is 24.3 Å². The van der Waals surface area contributed by atoms with Gasteiger partial charge in [0.15, 0.2) is 0 Å². The second-order valence-electron chi connectivity index (χ2n) is 6.68. The monoisotopic (exact) mass is 387 g/mol. The van der Waals surface area contributed by atoms with Crippen LogP contribution in [0.4, 0.5) is 0 Å². The van der Waals surface area contributed by atoms with Gasteiger partial charge in [-0.25, -0.2) is 4.79 Å². The van der Waals surface area contributed by atoms with Gasteiger partial charge < -0.3 is 15.2 Å². The number of carbonyl (C=O) groups excluding carboxylic acids is 1. The van der Waals surface area contributed by atoms with Crippen LogP contribution in [0.25, 0.3) is 0 Å². The fourth-order valence-corrected chi connectivity index (χ4v) is 3.81. The molecule has 1 amide bonds. The van der Waals surface area contributed by atoms with Gasteiger partial charge in [-0.1, -0.05) is 41.9 Å². The van der Waals surface area contributed by atoms with Crippen molar-refractivity contribution in [2.45, 2.75) is 24.7 Å². The third-order valence-corrected chi connectivity index (χ3v) is 5.40. The Kier molecular flexibility index (Phi) is 6.14. The number of ether oxygens (including phenoxy) is 1. The van der Waals surface area contributed by atoms with Gasteiger partial charge in [0.2, 0.25) is 5.91 Å². The summed E-state index contributed by atoms with van der Waals surface area (Å²) in [6.45, 7) is 1.52. The highest BCUT2D eigenvalue weighted by atomic mass is 35.5. The molecule has 5 nitrogen and oxygen atoms in total. The Bertz CT molecular complexity index is 813. The lowest BCUT2D eigenvalue weighted by molar-refractivity contribution is -0.130. The van der Waals surface area contributed by atoms with Crippen molar-refractivity contribution < 1.29 is 19.4 Å². The maximum Gasteiger partial charge on any atom is 0.335 e. The van der Waals surface area contributed by atoms with Crippen LogP contribution in [0.5, 0.6) is 0 Å². The van der Waals surface area contributed by atoms with Crippen LogP contribution in [0.15, 0.2) is 48.5 Å². The second kappa shape index (κ2) is 8.55. The zero-order valence-electron chi connectivity index (χ0n) is 14.9. The summed E-state index contributed by atoms with van der Waals surface area (Å²) in [5.74, 6) is -0.989. The molecular formula is C21H22ClNO4. The van der Waals surface area contributed by atoms with Crippen molar-refractivity contribution in [3.8, 4) is 0 Å². The molecule has 0 saturated carbocycles. The van der Waals surface area contributed by atoms with Crippen LogP contribution in [0.2, 0.25) is 5.02 Å². The minimum absolute atomic E-state index is 0.0407. The zero-order valence-corrected chi connectivity index (χ0v) is 15.7. The number of carboxylic acids is 1. The summed E-state index contributed by atoms with van der Waals surface area (Å²) in [5, 5.41) is 12.6. The van der Waals surface area contributed by atoms with E-state index in [4.69, 9.17) is 21.4 Å². The van der Waals surface area contributed by atoms with Crippen molar-refractivity contribution >= 4 is 23.5 Å². The number of carboxylic acid groups (broad SMARTS) is 1. The molecule has 1 aliphatic rings. The van der Waals surface area contributed by atoms with Crippen LogP contribution in [0, 0.1) is 0 Å². The van der Waals surface area contributed by atoms with E-state index >= 15 is 0 Å². The average Bonchev–Trinajstić information content (AvgIpc) is 2.69. The fourth-order valence-electron chi connectivity index (χ4n) is 3.49. The van der Waals surface area contributed by atoms with Gasteiger partial charge in [0.1, 0.15) is 0 Å². The lowest BCUT2D eigenvalue weighted by atomic mass is 9.73. The quantitative estimate of drug-likeness (QED) is 0.796. The smallest absolute Gasteiger partial charge is 0.335 e. The molecule has 0 bridgehead atoms. The number of aromatic carboxylic acids is 1. The highest BCUT2D eigenvalue weighted by Crippen LogP contribution is 2.38. The molecule has 3 rings (SSSR count). The molecule has 0 aliphatic carbocycles. The topological polar surface area (TPSA) is 75.6 Å². The first-order chi connectivity index (χ1) is 13.0. The van der Waals surface area contributed by atoms with Crippen LogP contribution < -0.4 is 5.32 Å². The van der Waals surface area contributed by atoms with Crippen molar-refractivity contribution in [3.05, 3.63) is 70.2 Å². The summed E-state index contributed by atoms with van der Waals surface area (Å²) < 4.78 is 5.47. The Hall–Kier alpha value is -2.37. The van der Waals surface area contributed by atoms with E-state index in [9.17, 15) is 9.59 Å². The molecule has 6 heteroatoms. The van der Waals surface area contributed by atoms with Crippen LogP contribution in [0.3, 0.4) is 0 Å². The number of nitrogens with one attached hydrogen (secondary N) is 1. The first-order valence-electron chi connectivity index (χ1n) is 8.96. The molecule has 0 aromatic heterocycles. The number of hydrogen-bond donors (Lipinski definition) is 2. The van der Waals surface area contributed by atoms with Crippen LogP contribution in [0.1, 0.15) is 34.3 Å². The maximum atomic E-state index is 13.1. The summed E-state index contributed by atoms with van der Waals surface area (Å²) in [5.41, 5.74) is 1.39. The van der Waals surface area contributed by atoms with E-state index in [2.05, 4.69) is 5.32 Å². The number of hydrogen-bond acceptors (Lipinski definition) is 3. The number of carbonyl (C=O) groups is 2. The third-order valence-electron chi connectivity index (χ3n) is 5.07. The number of rotatable bonds is 6. The van der Waals surface area contributed by atoms with Crippen molar-refractivity contribution in [2.24, 2.45) is 0 Å². The van der Waals surface area contributed by atoms with Crippen LogP contribution in [-0.4, -0.2) is 36.7 Å². The Morgan fingerprint density at radius 3 is 2.37 bits per heavy atom. The molecule has 0 spiro atoms. The van der Waals surface area contributed by atoms with E-state index in [-0.39, 0.29) is 11.5 Å². The van der Waals surface area contributed by atoms with E-state index < -0.39 is 11.4 Å². The summed E-state index contributed by atoms with van der Waals surface area (Å²) in [7, 11) is 0. The lowest BCUT2D eigenvalue weighted by Gasteiger charge is -2.36. The molecule has 1 aliphatic heterocycles. The molecule has 27 heavy (non-hydrogen) atoms. The molecule has 0 unspecified atom stereocenters. The summed E-state index contributed by atoms with van der Waals surface area (Å²) in [6, 6.07) is 14.2. The Morgan fingerprint density at radius 1 is 1.07 bits per heavy atom. The van der Waals surface area contributed by atoms with E-state index in [1.165, 1.54) is 0 Å². The minimum Gasteiger partial charge on any atom is -0.478 e. The molecule has 2 aromatic rings. The first kappa shape index (κ1) is 19.4. The maximum absolute atomic E-state index is 13.1. The SMILES string of the molecule is O=C(O)c1ccc(CCNC(=O)C2(c3ccccc3Cl)CCOCC2)cc1. The van der Waals surface area contributed by atoms with Gasteiger partial charge in [-0.15, -0.1) is 0 Å². The summed E-state index contributed by atoms with van der Waals surface area (Å²) >= 11 is 6.39. The van der Waals surface area contributed by atoms with Crippen molar-refractivity contribution in [1.82, 2.24) is 5.32 Å². The minimum atomic E-state index is -0.948. The molecule has 0 radical (unpaired) electrons. The second-order valence-corrected chi connectivity index (χ2v) is 7.09. The predicted molar refractivity (Wildman–Crippen MR) is 103 cm³/mol. The Labute approximate surface area is 163 Å². The predicted octanol–water partition coefficient (Wildman–Crippen LogP) is 3.45. The number of halogens is 1. The molecule has 1 heterocycles. The molecule has 0 atom stereocenters. The molecule has 1 fully saturated rings. The summed E-state index contributed by atoms with van der Waals surface area (Å²) in [4.78, 5) is 24.0. The first-order valence-corrected chi connectivity index (χ1v) is 9.34. The number of benzene rings is 2. The van der Waals surface area contributed by atoms with E-state index in [0.29, 0.717) is 44.0 Å². The fraction of sp³-hybridized carbons (Fsp3) is 0.333. The van der Waals surface area contributed by atoms with Gasteiger partial charge in [0, 0.05) is 24.8 Å². The van der Waals surface area contributed by atoms with Gasteiger partial charge in [0.25, 0.3) is 0 Å². The third kappa shape index (κ3) is 4.31. The Balaban J connectivity index is 1.68. The van der Waals surface area contributed by atoms with E-state index in [0.717, 1.165) is 11.1 Å². The highest BCUT2D eigenvalue weighted by molar-refractivity contribution is 6.31. The normalized spacial score (nSPS) is 15.9. The molecular weight excluding hydrogens is 366 g/mol. The van der Waals surface area contributed by atoms with Crippen LogP contribution >= 0.6 is 11.6 Å². The van der Waals surface area contributed by atoms with E-state index in [1.807, 2.05) is 24.3 Å². The molecule has 2 N–H and O–H groups in total. The van der Waals surface area contributed by atoms with Gasteiger partial charge in [-0.3, -0.25) is 4.79 Å². The standard InChI is InChI=1S/C21H22ClNO4/c22-18-4-2-1-3-17(18)21(10-13-27-14-11-21)20(26)23-12-9-15-5-7-16(8-6-15)19(24)25/h1-8H,9-14H2,(H,23,26)(H,24,25). The summed E-state index contributed by atoms with van der Waals surface area (Å²) in [6.07, 6.45) is 1.81. The molecule has 2 aromatic carbocycles. The van der Waals surface area contributed by atoms with Gasteiger partial charge in [0.05, 0.1) is 11.0 Å². The number of amides is 1. The largest absolute Gasteiger partial charge is 0.478 e. The van der Waals surface area contributed by atoms with Crippen molar-refractivity contribution in [1.29, 1.82) is 0 Å².